The fourth-order valence-corrected chi connectivity index (χ4v) is 1.36. The van der Waals surface area contributed by atoms with Gasteiger partial charge in [-0.15, -0.1) is 6.58 Å². The maximum atomic E-state index is 11.6. The summed E-state index contributed by atoms with van der Waals surface area (Å²) in [5.41, 5.74) is 0.543. The van der Waals surface area contributed by atoms with Crippen LogP contribution in [-0.4, -0.2) is 18.2 Å². The first-order valence-electron chi connectivity index (χ1n) is 5.00. The molecule has 0 saturated heterocycles. The van der Waals surface area contributed by atoms with Gasteiger partial charge in [-0.25, -0.2) is 0 Å². The maximum Gasteiger partial charge on any atom is 0.244 e. The molecule has 1 amide bonds. The summed E-state index contributed by atoms with van der Waals surface area (Å²) in [4.78, 5) is 22.8. The van der Waals surface area contributed by atoms with Gasteiger partial charge in [0.15, 0.2) is 5.78 Å². The summed E-state index contributed by atoms with van der Waals surface area (Å²) in [7, 11) is 0. The van der Waals surface area contributed by atoms with Crippen LogP contribution in [0.2, 0.25) is 0 Å². The van der Waals surface area contributed by atoms with Crippen molar-refractivity contribution in [2.24, 2.45) is 0 Å². The average molecular weight is 294 g/mol. The van der Waals surface area contributed by atoms with Gasteiger partial charge >= 0.3 is 0 Å². The molecule has 1 rings (SSSR count). The van der Waals surface area contributed by atoms with Crippen LogP contribution in [0.1, 0.15) is 10.4 Å². The molecule has 17 heavy (non-hydrogen) atoms. The van der Waals surface area contributed by atoms with Crippen molar-refractivity contribution in [2.45, 2.75) is 0 Å². The number of hydrogen-bond acceptors (Lipinski definition) is 2. The molecule has 0 aliphatic carbocycles. The third kappa shape index (κ3) is 4.78. The van der Waals surface area contributed by atoms with E-state index in [1.54, 1.807) is 30.3 Å². The molecule has 0 aliphatic rings. The standard InChI is InChI=1S/C13H12BrNO2/c1-2-9-15-13(17)8-7-12(16)10-3-5-11(14)6-4-10/h2-8H,1,9H2,(H,15,17)/b8-7+. The Balaban J connectivity index is 2.59. The summed E-state index contributed by atoms with van der Waals surface area (Å²) in [6.07, 6.45) is 4.04. The van der Waals surface area contributed by atoms with Crippen molar-refractivity contribution in [2.75, 3.05) is 6.54 Å². The summed E-state index contributed by atoms with van der Waals surface area (Å²) >= 11 is 3.28. The van der Waals surface area contributed by atoms with Gasteiger partial charge in [0.05, 0.1) is 0 Å². The number of ketones is 1. The van der Waals surface area contributed by atoms with Gasteiger partial charge in [0.25, 0.3) is 0 Å². The first-order chi connectivity index (χ1) is 8.13. The van der Waals surface area contributed by atoms with Gasteiger partial charge in [-0.05, 0) is 30.3 Å². The van der Waals surface area contributed by atoms with Crippen LogP contribution in [0.3, 0.4) is 0 Å². The van der Waals surface area contributed by atoms with Crippen LogP contribution in [-0.2, 0) is 4.79 Å². The Labute approximate surface area is 108 Å². The third-order valence-electron chi connectivity index (χ3n) is 1.94. The summed E-state index contributed by atoms with van der Waals surface area (Å²) < 4.78 is 0.904. The minimum absolute atomic E-state index is 0.203. The van der Waals surface area contributed by atoms with Gasteiger partial charge in [0, 0.05) is 22.7 Å². The third-order valence-corrected chi connectivity index (χ3v) is 2.46. The smallest absolute Gasteiger partial charge is 0.244 e. The highest BCUT2D eigenvalue weighted by Gasteiger charge is 2.01. The molecule has 88 valence electrons. The van der Waals surface area contributed by atoms with Crippen LogP contribution in [0.5, 0.6) is 0 Å². The second kappa shape index (κ2) is 6.81. The minimum atomic E-state index is -0.310. The van der Waals surface area contributed by atoms with E-state index in [2.05, 4.69) is 27.8 Å². The molecule has 0 spiro atoms. The first-order valence-corrected chi connectivity index (χ1v) is 5.79. The normalized spacial score (nSPS) is 10.2. The lowest BCUT2D eigenvalue weighted by Crippen LogP contribution is -2.20. The monoisotopic (exact) mass is 293 g/mol. The molecule has 0 atom stereocenters. The number of benzene rings is 1. The van der Waals surface area contributed by atoms with Crippen LogP contribution in [0.25, 0.3) is 0 Å². The Morgan fingerprint density at radius 1 is 1.24 bits per heavy atom. The number of carbonyl (C=O) groups is 2. The predicted octanol–water partition coefficient (Wildman–Crippen LogP) is 2.49. The van der Waals surface area contributed by atoms with Crippen LogP contribution in [0, 0.1) is 0 Å². The van der Waals surface area contributed by atoms with E-state index in [-0.39, 0.29) is 11.7 Å². The van der Waals surface area contributed by atoms with E-state index in [1.807, 2.05) is 0 Å². The van der Waals surface area contributed by atoms with Crippen LogP contribution in [0.4, 0.5) is 0 Å². The summed E-state index contributed by atoms with van der Waals surface area (Å²) in [5.74, 6) is -0.512. The van der Waals surface area contributed by atoms with E-state index in [4.69, 9.17) is 0 Å². The number of hydrogen-bond donors (Lipinski definition) is 1. The van der Waals surface area contributed by atoms with Crippen LogP contribution < -0.4 is 5.32 Å². The topological polar surface area (TPSA) is 46.2 Å². The summed E-state index contributed by atoms with van der Waals surface area (Å²) in [6.45, 7) is 3.86. The van der Waals surface area contributed by atoms with E-state index in [0.717, 1.165) is 4.47 Å². The van der Waals surface area contributed by atoms with Crippen molar-refractivity contribution < 1.29 is 9.59 Å². The second-order valence-corrected chi connectivity index (χ2v) is 4.15. The number of nitrogens with one attached hydrogen (secondary N) is 1. The van der Waals surface area contributed by atoms with Crippen molar-refractivity contribution in [1.82, 2.24) is 5.32 Å². The summed E-state index contributed by atoms with van der Waals surface area (Å²) in [5, 5.41) is 2.54. The molecule has 4 heteroatoms. The maximum absolute atomic E-state index is 11.6. The van der Waals surface area contributed by atoms with E-state index in [1.165, 1.54) is 12.2 Å². The molecule has 1 aromatic rings. The predicted molar refractivity (Wildman–Crippen MR) is 70.8 cm³/mol. The van der Waals surface area contributed by atoms with Crippen molar-refractivity contribution in [3.63, 3.8) is 0 Å². The van der Waals surface area contributed by atoms with E-state index in [9.17, 15) is 9.59 Å². The molecule has 1 aromatic carbocycles. The molecule has 0 aliphatic heterocycles. The van der Waals surface area contributed by atoms with Crippen molar-refractivity contribution in [3.8, 4) is 0 Å². The Morgan fingerprint density at radius 2 is 1.88 bits per heavy atom. The van der Waals surface area contributed by atoms with Crippen molar-refractivity contribution in [1.29, 1.82) is 0 Å². The van der Waals surface area contributed by atoms with Gasteiger partial charge < -0.3 is 5.32 Å². The Kier molecular flexibility index (Phi) is 5.36. The SMILES string of the molecule is C=CCNC(=O)/C=C/C(=O)c1ccc(Br)cc1. The number of halogens is 1. The van der Waals surface area contributed by atoms with E-state index < -0.39 is 0 Å². The molecule has 0 saturated carbocycles. The van der Waals surface area contributed by atoms with Crippen molar-refractivity contribution >= 4 is 27.6 Å². The van der Waals surface area contributed by atoms with Gasteiger partial charge in [0.2, 0.25) is 5.91 Å². The fourth-order valence-electron chi connectivity index (χ4n) is 1.09. The molecule has 0 bridgehead atoms. The lowest BCUT2D eigenvalue weighted by molar-refractivity contribution is -0.116. The Bertz CT molecular complexity index is 449. The highest BCUT2D eigenvalue weighted by Crippen LogP contribution is 2.11. The summed E-state index contributed by atoms with van der Waals surface area (Å²) in [6, 6.07) is 6.94. The molecule has 0 unspecified atom stereocenters. The number of allylic oxidation sites excluding steroid dienone is 1. The number of carbonyl (C=O) groups excluding carboxylic acids is 2. The molecule has 0 fully saturated rings. The van der Waals surface area contributed by atoms with Gasteiger partial charge in [0.1, 0.15) is 0 Å². The molecule has 0 aromatic heterocycles. The molecule has 0 radical (unpaired) electrons. The van der Waals surface area contributed by atoms with E-state index in [0.29, 0.717) is 12.1 Å². The lowest BCUT2D eigenvalue weighted by atomic mass is 10.1. The number of amides is 1. The van der Waals surface area contributed by atoms with Gasteiger partial charge in [-0.3, -0.25) is 9.59 Å². The first kappa shape index (κ1) is 13.4. The zero-order chi connectivity index (χ0) is 12.7. The number of rotatable bonds is 5. The quantitative estimate of drug-likeness (QED) is 0.515. The zero-order valence-electron chi connectivity index (χ0n) is 9.15. The van der Waals surface area contributed by atoms with Crippen LogP contribution >= 0.6 is 15.9 Å². The fraction of sp³-hybridized carbons (Fsp3) is 0.0769. The highest BCUT2D eigenvalue weighted by molar-refractivity contribution is 9.10. The largest absolute Gasteiger partial charge is 0.349 e. The molecule has 3 nitrogen and oxygen atoms in total. The highest BCUT2D eigenvalue weighted by atomic mass is 79.9. The Morgan fingerprint density at radius 3 is 2.47 bits per heavy atom. The zero-order valence-corrected chi connectivity index (χ0v) is 10.7. The second-order valence-electron chi connectivity index (χ2n) is 3.24. The average Bonchev–Trinajstić information content (AvgIpc) is 2.34. The molecular formula is C13H12BrNO2. The molecule has 1 N–H and O–H groups in total. The van der Waals surface area contributed by atoms with Crippen LogP contribution in [0.15, 0.2) is 53.5 Å². The van der Waals surface area contributed by atoms with E-state index >= 15 is 0 Å². The molecular weight excluding hydrogens is 282 g/mol. The molecule has 0 heterocycles. The van der Waals surface area contributed by atoms with Gasteiger partial charge in [-0.1, -0.05) is 22.0 Å². The Hall–Kier alpha value is -1.68. The lowest BCUT2D eigenvalue weighted by Gasteiger charge is -1.97. The van der Waals surface area contributed by atoms with Gasteiger partial charge in [-0.2, -0.15) is 0 Å². The minimum Gasteiger partial charge on any atom is -0.349 e. The van der Waals surface area contributed by atoms with Crippen molar-refractivity contribution in [3.05, 3.63) is 59.1 Å².